The molecule has 0 aliphatic carbocycles. The van der Waals surface area contributed by atoms with Crippen LogP contribution in [-0.2, 0) is 17.4 Å². The summed E-state index contributed by atoms with van der Waals surface area (Å²) < 4.78 is 38.4. The number of benzene rings is 2. The Morgan fingerprint density at radius 3 is 2.56 bits per heavy atom. The highest BCUT2D eigenvalue weighted by molar-refractivity contribution is 8.15. The van der Waals surface area contributed by atoms with Gasteiger partial charge in [0.1, 0.15) is 0 Å². The zero-order chi connectivity index (χ0) is 18.0. The molecule has 7 heteroatoms. The molecule has 1 saturated heterocycles. The average molecular weight is 364 g/mol. The lowest BCUT2D eigenvalue weighted by Crippen LogP contribution is -2.26. The second-order valence-corrected chi connectivity index (χ2v) is 6.94. The smallest absolute Gasteiger partial charge is 0.304 e. The van der Waals surface area contributed by atoms with E-state index in [0.29, 0.717) is 16.4 Å². The predicted molar refractivity (Wildman–Crippen MR) is 92.9 cm³/mol. The standard InChI is InChI=1S/C18H15F3N2OS/c1-11-5-7-14(8-6-11)22-17-23-16(24)15(25-17)10-12-3-2-4-13(9-12)18(19,20)21/h2-9,15H,10H2,1H3,(H,22,23,24)/t15-/m0/s1. The molecule has 1 heterocycles. The van der Waals surface area contributed by atoms with Crippen LogP contribution in [0, 0.1) is 6.92 Å². The summed E-state index contributed by atoms with van der Waals surface area (Å²) >= 11 is 1.23. The predicted octanol–water partition coefficient (Wildman–Crippen LogP) is 4.48. The highest BCUT2D eigenvalue weighted by Gasteiger charge is 2.33. The van der Waals surface area contributed by atoms with Gasteiger partial charge in [0.2, 0.25) is 5.91 Å². The number of aryl methyl sites for hydroxylation is 1. The summed E-state index contributed by atoms with van der Waals surface area (Å²) in [5.74, 6) is -0.242. The lowest BCUT2D eigenvalue weighted by molar-refractivity contribution is -0.137. The van der Waals surface area contributed by atoms with Crippen molar-refractivity contribution in [1.29, 1.82) is 0 Å². The van der Waals surface area contributed by atoms with Crippen molar-refractivity contribution >= 4 is 28.5 Å². The molecule has 0 bridgehead atoms. The van der Waals surface area contributed by atoms with E-state index in [2.05, 4.69) is 10.3 Å². The number of aliphatic imine (C=N–C) groups is 1. The minimum absolute atomic E-state index is 0.216. The summed E-state index contributed by atoms with van der Waals surface area (Å²) in [5.41, 5.74) is 1.59. The van der Waals surface area contributed by atoms with Gasteiger partial charge in [-0.25, -0.2) is 4.99 Å². The SMILES string of the molecule is Cc1ccc(N=C2NC(=O)[C@H](Cc3cccc(C(F)(F)F)c3)S2)cc1. The first-order valence-electron chi connectivity index (χ1n) is 7.60. The van der Waals surface area contributed by atoms with Crippen LogP contribution in [0.2, 0.25) is 0 Å². The van der Waals surface area contributed by atoms with Gasteiger partial charge < -0.3 is 5.32 Å². The van der Waals surface area contributed by atoms with Crippen LogP contribution in [0.25, 0.3) is 0 Å². The molecule has 0 radical (unpaired) electrons. The molecule has 0 saturated carbocycles. The van der Waals surface area contributed by atoms with Gasteiger partial charge in [-0.1, -0.05) is 47.7 Å². The molecule has 3 rings (SSSR count). The van der Waals surface area contributed by atoms with Crippen molar-refractivity contribution in [1.82, 2.24) is 5.32 Å². The molecule has 2 aromatic carbocycles. The van der Waals surface area contributed by atoms with Gasteiger partial charge in [0.05, 0.1) is 16.5 Å². The summed E-state index contributed by atoms with van der Waals surface area (Å²) in [7, 11) is 0. The Balaban J connectivity index is 1.72. The third-order valence-corrected chi connectivity index (χ3v) is 4.80. The second-order valence-electron chi connectivity index (χ2n) is 5.75. The largest absolute Gasteiger partial charge is 0.416 e. The van der Waals surface area contributed by atoms with Gasteiger partial charge in [-0.05, 0) is 37.1 Å². The van der Waals surface area contributed by atoms with E-state index in [-0.39, 0.29) is 12.3 Å². The Morgan fingerprint density at radius 1 is 1.16 bits per heavy atom. The summed E-state index contributed by atoms with van der Waals surface area (Å²) in [6.45, 7) is 1.97. The van der Waals surface area contributed by atoms with Crippen LogP contribution in [0.4, 0.5) is 18.9 Å². The molecule has 1 N–H and O–H groups in total. The van der Waals surface area contributed by atoms with Gasteiger partial charge in [0.25, 0.3) is 0 Å². The van der Waals surface area contributed by atoms with E-state index in [1.165, 1.54) is 17.8 Å². The van der Waals surface area contributed by atoms with Crippen molar-refractivity contribution in [3.63, 3.8) is 0 Å². The fourth-order valence-electron chi connectivity index (χ4n) is 2.42. The molecule has 1 atom stereocenters. The fraction of sp³-hybridized carbons (Fsp3) is 0.222. The number of nitrogens with one attached hydrogen (secondary N) is 1. The molecule has 1 fully saturated rings. The molecular formula is C18H15F3N2OS. The first kappa shape index (κ1) is 17.5. The number of halogens is 3. The highest BCUT2D eigenvalue weighted by Crippen LogP contribution is 2.31. The van der Waals surface area contributed by atoms with Crippen LogP contribution in [-0.4, -0.2) is 16.3 Å². The topological polar surface area (TPSA) is 41.5 Å². The average Bonchev–Trinajstić information content (AvgIpc) is 2.88. The number of hydrogen-bond donors (Lipinski definition) is 1. The maximum atomic E-state index is 12.8. The summed E-state index contributed by atoms with van der Waals surface area (Å²) in [5, 5.41) is 2.65. The van der Waals surface area contributed by atoms with Crippen molar-refractivity contribution in [2.24, 2.45) is 4.99 Å². The Hall–Kier alpha value is -2.28. The number of amidine groups is 1. The van der Waals surface area contributed by atoms with Crippen molar-refractivity contribution < 1.29 is 18.0 Å². The Labute approximate surface area is 147 Å². The zero-order valence-electron chi connectivity index (χ0n) is 13.3. The number of rotatable bonds is 3. The van der Waals surface area contributed by atoms with Crippen molar-refractivity contribution in [2.45, 2.75) is 24.8 Å². The maximum Gasteiger partial charge on any atom is 0.416 e. The third-order valence-electron chi connectivity index (χ3n) is 3.72. The van der Waals surface area contributed by atoms with E-state index in [4.69, 9.17) is 0 Å². The zero-order valence-corrected chi connectivity index (χ0v) is 14.1. The summed E-state index contributed by atoms with van der Waals surface area (Å²) in [4.78, 5) is 16.4. The summed E-state index contributed by atoms with van der Waals surface area (Å²) in [6.07, 6.45) is -4.17. The van der Waals surface area contributed by atoms with Gasteiger partial charge in [-0.15, -0.1) is 0 Å². The molecule has 25 heavy (non-hydrogen) atoms. The molecule has 3 nitrogen and oxygen atoms in total. The number of carbonyl (C=O) groups excluding carboxylic acids is 1. The van der Waals surface area contributed by atoms with Crippen LogP contribution in [0.5, 0.6) is 0 Å². The molecule has 1 amide bonds. The molecule has 1 aliphatic rings. The van der Waals surface area contributed by atoms with Gasteiger partial charge in [0.15, 0.2) is 5.17 Å². The number of alkyl halides is 3. The van der Waals surface area contributed by atoms with E-state index in [1.807, 2.05) is 31.2 Å². The lowest BCUT2D eigenvalue weighted by Gasteiger charge is -2.10. The van der Waals surface area contributed by atoms with Crippen LogP contribution in [0.3, 0.4) is 0 Å². The van der Waals surface area contributed by atoms with E-state index >= 15 is 0 Å². The minimum atomic E-state index is -4.39. The molecule has 0 unspecified atom stereocenters. The van der Waals surface area contributed by atoms with E-state index < -0.39 is 17.0 Å². The fourth-order valence-corrected chi connectivity index (χ4v) is 3.45. The van der Waals surface area contributed by atoms with Crippen molar-refractivity contribution in [3.05, 3.63) is 65.2 Å². The van der Waals surface area contributed by atoms with Crippen LogP contribution in [0.1, 0.15) is 16.7 Å². The number of hydrogen-bond acceptors (Lipinski definition) is 3. The maximum absolute atomic E-state index is 12.8. The Morgan fingerprint density at radius 2 is 1.88 bits per heavy atom. The molecule has 130 valence electrons. The molecule has 0 aromatic heterocycles. The van der Waals surface area contributed by atoms with Crippen LogP contribution >= 0.6 is 11.8 Å². The number of amides is 1. The van der Waals surface area contributed by atoms with E-state index in [0.717, 1.165) is 17.7 Å². The van der Waals surface area contributed by atoms with Gasteiger partial charge in [-0.2, -0.15) is 13.2 Å². The van der Waals surface area contributed by atoms with Gasteiger partial charge >= 0.3 is 6.18 Å². The van der Waals surface area contributed by atoms with Gasteiger partial charge in [0, 0.05) is 0 Å². The first-order chi connectivity index (χ1) is 11.8. The molecule has 0 spiro atoms. The Kier molecular flexibility index (Phi) is 4.85. The third kappa shape index (κ3) is 4.42. The Bertz CT molecular complexity index is 816. The van der Waals surface area contributed by atoms with E-state index in [1.54, 1.807) is 6.07 Å². The number of carbonyl (C=O) groups is 1. The van der Waals surface area contributed by atoms with Gasteiger partial charge in [-0.3, -0.25) is 4.79 Å². The molecule has 1 aliphatic heterocycles. The molecular weight excluding hydrogens is 349 g/mol. The quantitative estimate of drug-likeness (QED) is 0.873. The number of thioether (sulfide) groups is 1. The minimum Gasteiger partial charge on any atom is -0.304 e. The van der Waals surface area contributed by atoms with E-state index in [9.17, 15) is 18.0 Å². The van der Waals surface area contributed by atoms with Crippen LogP contribution < -0.4 is 5.32 Å². The summed E-state index contributed by atoms with van der Waals surface area (Å²) in [6, 6.07) is 12.6. The second kappa shape index (κ2) is 6.92. The normalized spacial score (nSPS) is 19.3. The lowest BCUT2D eigenvalue weighted by atomic mass is 10.1. The highest BCUT2D eigenvalue weighted by atomic mass is 32.2. The van der Waals surface area contributed by atoms with Crippen molar-refractivity contribution in [3.8, 4) is 0 Å². The van der Waals surface area contributed by atoms with Crippen LogP contribution in [0.15, 0.2) is 53.5 Å². The van der Waals surface area contributed by atoms with Crippen molar-refractivity contribution in [2.75, 3.05) is 0 Å². The molecule has 2 aromatic rings. The number of nitrogens with zero attached hydrogens (tertiary/aromatic N) is 1. The first-order valence-corrected chi connectivity index (χ1v) is 8.48. The monoisotopic (exact) mass is 364 g/mol.